The highest BCUT2D eigenvalue weighted by Gasteiger charge is 2.08. The van der Waals surface area contributed by atoms with Gasteiger partial charge < -0.3 is 10.4 Å². The lowest BCUT2D eigenvalue weighted by molar-refractivity contribution is 0.0953. The van der Waals surface area contributed by atoms with E-state index in [4.69, 9.17) is 0 Å². The van der Waals surface area contributed by atoms with Crippen LogP contribution in [0.4, 0.5) is 0 Å². The van der Waals surface area contributed by atoms with Crippen molar-refractivity contribution >= 4 is 15.7 Å². The molecule has 0 aliphatic rings. The third-order valence-corrected chi connectivity index (χ3v) is 3.48. The molecule has 0 atom stereocenters. The summed E-state index contributed by atoms with van der Waals surface area (Å²) >= 11 is 0. The van der Waals surface area contributed by atoms with Crippen LogP contribution < -0.4 is 5.32 Å². The largest absolute Gasteiger partial charge is 0.508 e. The Kier molecular flexibility index (Phi) is 4.72. The SMILES string of the molecule is Cc1ccc(C(=O)NCCCS(C)(=O)=O)cc1O. The number of carbonyl (C=O) groups excluding carboxylic acids is 1. The summed E-state index contributed by atoms with van der Waals surface area (Å²) in [4.78, 5) is 11.7. The third-order valence-electron chi connectivity index (χ3n) is 2.45. The molecule has 1 aromatic rings. The van der Waals surface area contributed by atoms with E-state index in [0.29, 0.717) is 24.1 Å². The van der Waals surface area contributed by atoms with E-state index in [1.165, 1.54) is 6.07 Å². The topological polar surface area (TPSA) is 83.5 Å². The second kappa shape index (κ2) is 5.86. The van der Waals surface area contributed by atoms with Gasteiger partial charge in [-0.1, -0.05) is 6.07 Å². The molecule has 100 valence electrons. The van der Waals surface area contributed by atoms with Crippen molar-refractivity contribution in [3.8, 4) is 5.75 Å². The van der Waals surface area contributed by atoms with Crippen LogP contribution in [0, 0.1) is 6.92 Å². The number of benzene rings is 1. The lowest BCUT2D eigenvalue weighted by Crippen LogP contribution is -2.25. The lowest BCUT2D eigenvalue weighted by atomic mass is 10.1. The second-order valence-corrected chi connectivity index (χ2v) is 6.50. The molecule has 1 amide bonds. The van der Waals surface area contributed by atoms with Gasteiger partial charge in [0.25, 0.3) is 5.91 Å². The highest BCUT2D eigenvalue weighted by atomic mass is 32.2. The summed E-state index contributed by atoms with van der Waals surface area (Å²) in [5.41, 5.74) is 1.06. The predicted octanol–water partition coefficient (Wildman–Crippen LogP) is 0.865. The van der Waals surface area contributed by atoms with Crippen molar-refractivity contribution in [2.45, 2.75) is 13.3 Å². The Bertz CT molecular complexity index is 537. The number of aryl methyl sites for hydroxylation is 1. The number of hydrogen-bond donors (Lipinski definition) is 2. The molecule has 0 unspecified atom stereocenters. The molecule has 0 bridgehead atoms. The highest BCUT2D eigenvalue weighted by molar-refractivity contribution is 7.90. The van der Waals surface area contributed by atoms with E-state index in [1.54, 1.807) is 19.1 Å². The Morgan fingerprint density at radius 2 is 2.06 bits per heavy atom. The fourth-order valence-electron chi connectivity index (χ4n) is 1.39. The van der Waals surface area contributed by atoms with Crippen molar-refractivity contribution < 1.29 is 18.3 Å². The van der Waals surface area contributed by atoms with Gasteiger partial charge in [0.15, 0.2) is 0 Å². The fraction of sp³-hybridized carbons (Fsp3) is 0.417. The monoisotopic (exact) mass is 271 g/mol. The zero-order chi connectivity index (χ0) is 13.8. The Morgan fingerprint density at radius 3 is 2.61 bits per heavy atom. The van der Waals surface area contributed by atoms with E-state index in [1.807, 2.05) is 0 Å². The first-order chi connectivity index (χ1) is 8.29. The Balaban J connectivity index is 2.48. The highest BCUT2D eigenvalue weighted by Crippen LogP contribution is 2.17. The zero-order valence-electron chi connectivity index (χ0n) is 10.4. The minimum absolute atomic E-state index is 0.0480. The summed E-state index contributed by atoms with van der Waals surface area (Å²) in [7, 11) is -2.99. The summed E-state index contributed by atoms with van der Waals surface area (Å²) < 4.78 is 21.8. The molecule has 0 aliphatic carbocycles. The number of nitrogens with one attached hydrogen (secondary N) is 1. The smallest absolute Gasteiger partial charge is 0.251 e. The molecule has 0 saturated heterocycles. The van der Waals surface area contributed by atoms with Crippen LogP contribution in [0.5, 0.6) is 5.75 Å². The van der Waals surface area contributed by atoms with Crippen LogP contribution >= 0.6 is 0 Å². The number of sulfone groups is 1. The number of phenols is 1. The minimum Gasteiger partial charge on any atom is -0.508 e. The van der Waals surface area contributed by atoms with Crippen molar-refractivity contribution in [3.05, 3.63) is 29.3 Å². The molecule has 5 nitrogen and oxygen atoms in total. The molecule has 18 heavy (non-hydrogen) atoms. The maximum Gasteiger partial charge on any atom is 0.251 e. The van der Waals surface area contributed by atoms with E-state index in [-0.39, 0.29) is 17.4 Å². The van der Waals surface area contributed by atoms with Crippen LogP contribution in [0.3, 0.4) is 0 Å². The maximum absolute atomic E-state index is 11.7. The lowest BCUT2D eigenvalue weighted by Gasteiger charge is -2.06. The average molecular weight is 271 g/mol. The summed E-state index contributed by atoms with van der Waals surface area (Å²) in [5.74, 6) is -0.204. The van der Waals surface area contributed by atoms with Crippen LogP contribution in [0.25, 0.3) is 0 Å². The molecule has 0 aromatic heterocycles. The molecule has 6 heteroatoms. The van der Waals surface area contributed by atoms with Gasteiger partial charge in [0.05, 0.1) is 5.75 Å². The average Bonchev–Trinajstić information content (AvgIpc) is 2.26. The number of aromatic hydroxyl groups is 1. The van der Waals surface area contributed by atoms with E-state index < -0.39 is 9.84 Å². The first-order valence-electron chi connectivity index (χ1n) is 5.55. The van der Waals surface area contributed by atoms with Gasteiger partial charge in [-0.2, -0.15) is 0 Å². The number of amides is 1. The van der Waals surface area contributed by atoms with Crippen LogP contribution in [-0.4, -0.2) is 38.0 Å². The van der Waals surface area contributed by atoms with E-state index in [9.17, 15) is 18.3 Å². The minimum atomic E-state index is -2.99. The molecule has 1 rings (SSSR count). The van der Waals surface area contributed by atoms with Gasteiger partial charge in [-0.15, -0.1) is 0 Å². The molecule has 0 spiro atoms. The van der Waals surface area contributed by atoms with Gasteiger partial charge in [-0.3, -0.25) is 4.79 Å². The van der Waals surface area contributed by atoms with E-state index >= 15 is 0 Å². The second-order valence-electron chi connectivity index (χ2n) is 4.24. The third kappa shape index (κ3) is 4.75. The van der Waals surface area contributed by atoms with Gasteiger partial charge >= 0.3 is 0 Å². The standard InChI is InChI=1S/C12H17NO4S/c1-9-4-5-10(8-11(9)14)12(15)13-6-3-7-18(2,16)17/h4-5,8,14H,3,6-7H2,1-2H3,(H,13,15). The van der Waals surface area contributed by atoms with Crippen molar-refractivity contribution in [1.82, 2.24) is 5.32 Å². The molecule has 0 aliphatic heterocycles. The van der Waals surface area contributed by atoms with Crippen molar-refractivity contribution in [2.75, 3.05) is 18.6 Å². The van der Waals surface area contributed by atoms with Gasteiger partial charge in [0.1, 0.15) is 15.6 Å². The molecule has 0 fully saturated rings. The molecule has 0 radical (unpaired) electrons. The molecular formula is C12H17NO4S. The number of rotatable bonds is 5. The first-order valence-corrected chi connectivity index (χ1v) is 7.61. The summed E-state index contributed by atoms with van der Waals surface area (Å²) in [6.07, 6.45) is 1.54. The van der Waals surface area contributed by atoms with Gasteiger partial charge in [-0.05, 0) is 31.0 Å². The molecule has 0 saturated carbocycles. The molecule has 1 aromatic carbocycles. The first kappa shape index (κ1) is 14.5. The van der Waals surface area contributed by atoms with Crippen LogP contribution in [0.1, 0.15) is 22.3 Å². The van der Waals surface area contributed by atoms with Crippen LogP contribution in [-0.2, 0) is 9.84 Å². The maximum atomic E-state index is 11.7. The van der Waals surface area contributed by atoms with E-state index in [0.717, 1.165) is 6.26 Å². The predicted molar refractivity (Wildman–Crippen MR) is 69.5 cm³/mol. The van der Waals surface area contributed by atoms with Gasteiger partial charge in [0.2, 0.25) is 0 Å². The Hall–Kier alpha value is -1.56. The van der Waals surface area contributed by atoms with Crippen molar-refractivity contribution in [2.24, 2.45) is 0 Å². The van der Waals surface area contributed by atoms with Crippen molar-refractivity contribution in [1.29, 1.82) is 0 Å². The molecular weight excluding hydrogens is 254 g/mol. The molecule has 0 heterocycles. The summed E-state index contributed by atoms with van der Waals surface area (Å²) in [6.45, 7) is 2.03. The quantitative estimate of drug-likeness (QED) is 0.778. The Morgan fingerprint density at radius 1 is 1.39 bits per heavy atom. The Labute approximate surface area is 107 Å². The number of carbonyl (C=O) groups is 1. The number of phenolic OH excluding ortho intramolecular Hbond substituents is 1. The molecule has 2 N–H and O–H groups in total. The van der Waals surface area contributed by atoms with E-state index in [2.05, 4.69) is 5.32 Å². The zero-order valence-corrected chi connectivity index (χ0v) is 11.3. The van der Waals surface area contributed by atoms with Crippen LogP contribution in [0.15, 0.2) is 18.2 Å². The summed E-state index contributed by atoms with van der Waals surface area (Å²) in [6, 6.07) is 4.66. The van der Waals surface area contributed by atoms with Crippen molar-refractivity contribution in [3.63, 3.8) is 0 Å². The van der Waals surface area contributed by atoms with Gasteiger partial charge in [-0.25, -0.2) is 8.42 Å². The fourth-order valence-corrected chi connectivity index (χ4v) is 2.06. The van der Waals surface area contributed by atoms with Crippen LogP contribution in [0.2, 0.25) is 0 Å². The normalized spacial score (nSPS) is 11.2. The summed E-state index contributed by atoms with van der Waals surface area (Å²) in [5, 5.41) is 12.1. The number of hydrogen-bond acceptors (Lipinski definition) is 4. The van der Waals surface area contributed by atoms with Gasteiger partial charge in [0, 0.05) is 18.4 Å².